The van der Waals surface area contributed by atoms with Crippen LogP contribution < -0.4 is 30.7 Å². The molecule has 0 saturated carbocycles. The van der Waals surface area contributed by atoms with Crippen molar-refractivity contribution in [1.29, 1.82) is 0 Å². The zero-order valence-electron chi connectivity index (χ0n) is 35.2. The number of carbonyl (C=O) groups excluding carboxylic acids is 2. The monoisotopic (exact) mass is 870 g/mol. The maximum absolute atomic E-state index is 13.2. The van der Waals surface area contributed by atoms with Crippen LogP contribution in [0.15, 0.2) is 218 Å². The number of benzene rings is 9. The summed E-state index contributed by atoms with van der Waals surface area (Å²) in [7, 11) is 0. The molecule has 0 aliphatic rings. The molecule has 0 amide bonds. The zero-order chi connectivity index (χ0) is 45.2. The maximum atomic E-state index is 13.2. The summed E-state index contributed by atoms with van der Waals surface area (Å²) in [5.41, 5.74) is 9.30. The number of hydrogen-bond acceptors (Lipinski definition) is 8. The Bertz CT molecular complexity index is 2840. The number of ether oxygens (including phenoxy) is 2. The minimum Gasteiger partial charge on any atom is -0.457 e. The lowest BCUT2D eigenvalue weighted by atomic mass is 10.0. The zero-order valence-corrected chi connectivity index (χ0v) is 35.2. The second-order valence-corrected chi connectivity index (χ2v) is 15.2. The van der Waals surface area contributed by atoms with E-state index in [4.69, 9.17) is 9.47 Å². The van der Waals surface area contributed by atoms with Crippen molar-refractivity contribution in [3.05, 3.63) is 252 Å². The average molecular weight is 871 g/mol. The molecular weight excluding hydrogens is 831 g/mol. The second kappa shape index (κ2) is 19.6. The van der Waals surface area contributed by atoms with Crippen molar-refractivity contribution in [3.63, 3.8) is 0 Å². The highest BCUT2D eigenvalue weighted by atomic mass is 19.1. The van der Waals surface area contributed by atoms with E-state index in [0.29, 0.717) is 45.3 Å². The van der Waals surface area contributed by atoms with E-state index in [0.717, 1.165) is 45.5 Å². The first-order valence-corrected chi connectivity index (χ1v) is 21.0. The molecule has 0 radical (unpaired) electrons. The Kier molecular flexibility index (Phi) is 12.5. The Morgan fingerprint density at radius 3 is 0.636 bits per heavy atom. The fourth-order valence-corrected chi connectivity index (χ4v) is 6.95. The third-order valence-corrected chi connectivity index (χ3v) is 10.4. The smallest absolute Gasteiger partial charge is 0.193 e. The van der Waals surface area contributed by atoms with Gasteiger partial charge in [0, 0.05) is 67.8 Å². The van der Waals surface area contributed by atoms with Crippen molar-refractivity contribution in [2.45, 2.75) is 0 Å². The van der Waals surface area contributed by atoms with Crippen LogP contribution in [0.2, 0.25) is 0 Å². The SMILES string of the molecule is O=C(c1ccc(F)cc1)c1ccc(Oc2ccc(Nc3ccc(Nc4ccc(Nc5ccc(Nc6ccc(Oc7ccc(C(=O)c8ccc(F)cc8)cc7)cc6)cc5)cc4)cc3)cc2)cc1. The van der Waals surface area contributed by atoms with Crippen molar-refractivity contribution >= 4 is 57.1 Å². The van der Waals surface area contributed by atoms with Crippen LogP contribution in [0.1, 0.15) is 31.8 Å². The standard InChI is InChI=1S/C56H40F2N4O4/c57-41-9-1-37(2-10-41)55(63)39-5-29-51(30-6-39)65-53-33-25-49(26-34-53)61-47-21-17-45(18-22-47)59-43-13-15-44(16-14-43)60-46-19-23-48(24-20-46)62-50-27-35-54(36-28-50)66-52-31-7-40(8-32-52)56(64)38-3-11-42(58)12-4-38/h1-36,59-62H. The van der Waals surface area contributed by atoms with Crippen LogP contribution in [0.4, 0.5) is 54.3 Å². The van der Waals surface area contributed by atoms with Crippen molar-refractivity contribution < 1.29 is 27.8 Å². The van der Waals surface area contributed by atoms with E-state index in [2.05, 4.69) is 21.3 Å². The predicted molar refractivity (Wildman–Crippen MR) is 258 cm³/mol. The van der Waals surface area contributed by atoms with E-state index in [1.165, 1.54) is 48.5 Å². The highest BCUT2D eigenvalue weighted by Crippen LogP contribution is 2.29. The van der Waals surface area contributed by atoms with Crippen LogP contribution in [-0.2, 0) is 0 Å². The molecule has 0 heterocycles. The third-order valence-electron chi connectivity index (χ3n) is 10.4. The molecule has 10 heteroatoms. The summed E-state index contributed by atoms with van der Waals surface area (Å²) < 4.78 is 38.4. The Morgan fingerprint density at radius 1 is 0.258 bits per heavy atom. The van der Waals surface area contributed by atoms with Crippen LogP contribution in [-0.4, -0.2) is 11.6 Å². The largest absolute Gasteiger partial charge is 0.457 e. The first kappa shape index (κ1) is 42.3. The molecule has 8 nitrogen and oxygen atoms in total. The van der Waals surface area contributed by atoms with Gasteiger partial charge in [-0.2, -0.15) is 0 Å². The lowest BCUT2D eigenvalue weighted by Crippen LogP contribution is -2.01. The number of halogens is 2. The van der Waals surface area contributed by atoms with Gasteiger partial charge in [-0.15, -0.1) is 0 Å². The molecule has 4 N–H and O–H groups in total. The average Bonchev–Trinajstić information content (AvgIpc) is 3.35. The van der Waals surface area contributed by atoms with Gasteiger partial charge in [0.25, 0.3) is 0 Å². The summed E-state index contributed by atoms with van der Waals surface area (Å²) in [5, 5.41) is 13.7. The molecule has 9 aromatic rings. The summed E-state index contributed by atoms with van der Waals surface area (Å²) in [5.74, 6) is 1.36. The summed E-state index contributed by atoms with van der Waals surface area (Å²) in [6, 6.07) is 64.1. The van der Waals surface area contributed by atoms with E-state index in [1.54, 1.807) is 48.5 Å². The molecular formula is C56H40F2N4O4. The summed E-state index contributed by atoms with van der Waals surface area (Å²) in [6.07, 6.45) is 0. The highest BCUT2D eigenvalue weighted by Gasteiger charge is 2.12. The van der Waals surface area contributed by atoms with Crippen LogP contribution in [0.3, 0.4) is 0 Å². The summed E-state index contributed by atoms with van der Waals surface area (Å²) in [6.45, 7) is 0. The van der Waals surface area contributed by atoms with Gasteiger partial charge in [0.15, 0.2) is 11.6 Å². The predicted octanol–water partition coefficient (Wildman–Crippen LogP) is 15.0. The topological polar surface area (TPSA) is 101 Å². The van der Waals surface area contributed by atoms with Gasteiger partial charge < -0.3 is 30.7 Å². The quantitative estimate of drug-likeness (QED) is 0.0713. The van der Waals surface area contributed by atoms with Gasteiger partial charge >= 0.3 is 0 Å². The van der Waals surface area contributed by atoms with Gasteiger partial charge in [0.2, 0.25) is 0 Å². The van der Waals surface area contributed by atoms with Crippen molar-refractivity contribution in [2.75, 3.05) is 21.3 Å². The van der Waals surface area contributed by atoms with Gasteiger partial charge in [-0.25, -0.2) is 8.78 Å². The molecule has 322 valence electrons. The van der Waals surface area contributed by atoms with Gasteiger partial charge in [-0.1, -0.05) is 0 Å². The minimum atomic E-state index is -0.384. The Balaban J connectivity index is 0.706. The van der Waals surface area contributed by atoms with Crippen LogP contribution in [0, 0.1) is 11.6 Å². The van der Waals surface area contributed by atoms with E-state index in [-0.39, 0.29) is 23.2 Å². The van der Waals surface area contributed by atoms with E-state index in [1.807, 2.05) is 121 Å². The number of anilines is 8. The third kappa shape index (κ3) is 10.9. The molecule has 0 unspecified atom stereocenters. The van der Waals surface area contributed by atoms with Gasteiger partial charge in [0.1, 0.15) is 34.6 Å². The lowest BCUT2D eigenvalue weighted by molar-refractivity contribution is 0.103. The van der Waals surface area contributed by atoms with Gasteiger partial charge in [0.05, 0.1) is 0 Å². The molecule has 0 saturated heterocycles. The first-order chi connectivity index (χ1) is 32.2. The van der Waals surface area contributed by atoms with Gasteiger partial charge in [-0.3, -0.25) is 9.59 Å². The molecule has 0 aliphatic carbocycles. The Morgan fingerprint density at radius 2 is 0.424 bits per heavy atom. The van der Waals surface area contributed by atoms with Crippen molar-refractivity contribution in [2.24, 2.45) is 0 Å². The second-order valence-electron chi connectivity index (χ2n) is 15.2. The van der Waals surface area contributed by atoms with Crippen LogP contribution in [0.25, 0.3) is 0 Å². The molecule has 0 aliphatic heterocycles. The molecule has 0 spiro atoms. The maximum Gasteiger partial charge on any atom is 0.193 e. The van der Waals surface area contributed by atoms with Crippen LogP contribution >= 0.6 is 0 Å². The van der Waals surface area contributed by atoms with E-state index >= 15 is 0 Å². The molecule has 9 rings (SSSR count). The molecule has 0 bridgehead atoms. The number of nitrogens with one attached hydrogen (secondary N) is 4. The van der Waals surface area contributed by atoms with Crippen molar-refractivity contribution in [1.82, 2.24) is 0 Å². The number of rotatable bonds is 16. The lowest BCUT2D eigenvalue weighted by Gasteiger charge is -2.12. The molecule has 9 aromatic carbocycles. The minimum absolute atomic E-state index is 0.184. The number of carbonyl (C=O) groups is 2. The Labute approximate surface area is 380 Å². The van der Waals surface area contributed by atoms with Gasteiger partial charge in [-0.05, 0) is 218 Å². The highest BCUT2D eigenvalue weighted by molar-refractivity contribution is 6.09. The van der Waals surface area contributed by atoms with E-state index in [9.17, 15) is 18.4 Å². The Hall–Kier alpha value is -9.02. The molecule has 0 aromatic heterocycles. The molecule has 66 heavy (non-hydrogen) atoms. The molecule has 0 fully saturated rings. The number of ketones is 2. The van der Waals surface area contributed by atoms with Crippen molar-refractivity contribution in [3.8, 4) is 23.0 Å². The van der Waals surface area contributed by atoms with Crippen LogP contribution in [0.5, 0.6) is 23.0 Å². The molecule has 0 atom stereocenters. The normalized spacial score (nSPS) is 10.7. The summed E-state index contributed by atoms with van der Waals surface area (Å²) in [4.78, 5) is 25.4. The van der Waals surface area contributed by atoms with E-state index < -0.39 is 0 Å². The fourth-order valence-electron chi connectivity index (χ4n) is 6.95. The first-order valence-electron chi connectivity index (χ1n) is 21.0. The fraction of sp³-hybridized carbons (Fsp3) is 0. The number of hydrogen-bond donors (Lipinski definition) is 4. The summed E-state index contributed by atoms with van der Waals surface area (Å²) >= 11 is 0.